The molecule has 0 radical (unpaired) electrons. The Labute approximate surface area is 121 Å². The zero-order valence-electron chi connectivity index (χ0n) is 10.5. The highest BCUT2D eigenvalue weighted by molar-refractivity contribution is 7.12. The molecule has 0 bridgehead atoms. The molecule has 96 valence electrons. The number of thiophene rings is 1. The molecule has 2 aromatic rings. The lowest BCUT2D eigenvalue weighted by atomic mass is 10.1. The smallest absolute Gasteiger partial charge is 0.124 e. The van der Waals surface area contributed by atoms with Gasteiger partial charge in [0.25, 0.3) is 0 Å². The van der Waals surface area contributed by atoms with Crippen LogP contribution in [-0.4, -0.2) is 7.11 Å². The van der Waals surface area contributed by atoms with Crippen LogP contribution in [0, 0.1) is 13.8 Å². The fourth-order valence-electron chi connectivity index (χ4n) is 1.78. The van der Waals surface area contributed by atoms with Crippen molar-refractivity contribution in [2.45, 2.75) is 19.2 Å². The number of halogens is 2. The van der Waals surface area contributed by atoms with E-state index in [-0.39, 0.29) is 5.38 Å². The summed E-state index contributed by atoms with van der Waals surface area (Å²) in [6.45, 7) is 4.19. The Morgan fingerprint density at radius 2 is 1.94 bits per heavy atom. The van der Waals surface area contributed by atoms with Gasteiger partial charge in [-0.15, -0.1) is 22.9 Å². The lowest BCUT2D eigenvalue weighted by Crippen LogP contribution is -1.95. The van der Waals surface area contributed by atoms with E-state index in [1.165, 1.54) is 10.4 Å². The summed E-state index contributed by atoms with van der Waals surface area (Å²) in [4.78, 5) is 2.41. The van der Waals surface area contributed by atoms with Gasteiger partial charge in [-0.3, -0.25) is 0 Å². The van der Waals surface area contributed by atoms with Crippen molar-refractivity contribution in [2.75, 3.05) is 7.11 Å². The molecule has 2 rings (SSSR count). The first-order valence-electron chi connectivity index (χ1n) is 5.57. The Hall–Kier alpha value is -0.700. The van der Waals surface area contributed by atoms with Gasteiger partial charge in [0, 0.05) is 20.3 Å². The molecule has 0 saturated heterocycles. The molecule has 0 saturated carbocycles. The molecule has 4 heteroatoms. The molecule has 1 aromatic carbocycles. The van der Waals surface area contributed by atoms with Crippen molar-refractivity contribution in [3.63, 3.8) is 0 Å². The van der Waals surface area contributed by atoms with Crippen LogP contribution in [0.3, 0.4) is 0 Å². The summed E-state index contributed by atoms with van der Waals surface area (Å²) in [5.74, 6) is 0.767. The largest absolute Gasteiger partial charge is 0.496 e. The lowest BCUT2D eigenvalue weighted by Gasteiger charge is -2.13. The SMILES string of the molecule is COc1ccc(Cl)cc1C(Cl)c1cc(C)c(C)s1. The van der Waals surface area contributed by atoms with Gasteiger partial charge in [-0.25, -0.2) is 0 Å². The van der Waals surface area contributed by atoms with Gasteiger partial charge in [0.15, 0.2) is 0 Å². The first-order chi connectivity index (χ1) is 8.52. The molecule has 0 spiro atoms. The summed E-state index contributed by atoms with van der Waals surface area (Å²) >= 11 is 14.3. The number of hydrogen-bond donors (Lipinski definition) is 0. The third kappa shape index (κ3) is 2.66. The Kier molecular flexibility index (Phi) is 4.21. The Morgan fingerprint density at radius 3 is 2.50 bits per heavy atom. The van der Waals surface area contributed by atoms with Crippen molar-refractivity contribution >= 4 is 34.5 Å². The Morgan fingerprint density at radius 1 is 1.22 bits per heavy atom. The van der Waals surface area contributed by atoms with Crippen LogP contribution in [-0.2, 0) is 0 Å². The van der Waals surface area contributed by atoms with Crippen molar-refractivity contribution in [3.05, 3.63) is 50.2 Å². The van der Waals surface area contributed by atoms with Crippen LogP contribution < -0.4 is 4.74 Å². The van der Waals surface area contributed by atoms with Crippen LogP contribution >= 0.6 is 34.5 Å². The van der Waals surface area contributed by atoms with Crippen molar-refractivity contribution < 1.29 is 4.74 Å². The molecule has 0 fully saturated rings. The average Bonchev–Trinajstić information content (AvgIpc) is 2.68. The van der Waals surface area contributed by atoms with Crippen LogP contribution in [0.1, 0.15) is 26.3 Å². The van der Waals surface area contributed by atoms with E-state index >= 15 is 0 Å². The van der Waals surface area contributed by atoms with Gasteiger partial charge in [0.2, 0.25) is 0 Å². The van der Waals surface area contributed by atoms with Crippen LogP contribution in [0.5, 0.6) is 5.75 Å². The fraction of sp³-hybridized carbons (Fsp3) is 0.286. The highest BCUT2D eigenvalue weighted by Crippen LogP contribution is 2.40. The van der Waals surface area contributed by atoms with Gasteiger partial charge < -0.3 is 4.74 Å². The van der Waals surface area contributed by atoms with Crippen molar-refractivity contribution in [1.29, 1.82) is 0 Å². The number of rotatable bonds is 3. The molecule has 1 unspecified atom stereocenters. The monoisotopic (exact) mass is 300 g/mol. The Balaban J connectivity index is 2.44. The van der Waals surface area contributed by atoms with Crippen molar-refractivity contribution in [2.24, 2.45) is 0 Å². The molecule has 0 N–H and O–H groups in total. The highest BCUT2D eigenvalue weighted by Gasteiger charge is 2.18. The van der Waals surface area contributed by atoms with Crippen LogP contribution in [0.4, 0.5) is 0 Å². The van der Waals surface area contributed by atoms with Crippen molar-refractivity contribution in [3.8, 4) is 5.75 Å². The molecular weight excluding hydrogens is 287 g/mol. The van der Waals surface area contributed by atoms with Crippen LogP contribution in [0.2, 0.25) is 5.02 Å². The van der Waals surface area contributed by atoms with Gasteiger partial charge >= 0.3 is 0 Å². The minimum absolute atomic E-state index is 0.226. The maximum atomic E-state index is 6.54. The van der Waals surface area contributed by atoms with E-state index in [9.17, 15) is 0 Å². The van der Waals surface area contributed by atoms with Gasteiger partial charge in [-0.1, -0.05) is 11.6 Å². The summed E-state index contributed by atoms with van der Waals surface area (Å²) in [6.07, 6.45) is 0. The van der Waals surface area contributed by atoms with Gasteiger partial charge in [0.1, 0.15) is 5.75 Å². The average molecular weight is 301 g/mol. The van der Waals surface area contributed by atoms with E-state index < -0.39 is 0 Å². The zero-order chi connectivity index (χ0) is 13.3. The summed E-state index contributed by atoms with van der Waals surface area (Å²) in [5, 5.41) is 0.442. The number of methoxy groups -OCH3 is 1. The summed E-state index contributed by atoms with van der Waals surface area (Å²) in [6, 6.07) is 7.64. The number of alkyl halides is 1. The second kappa shape index (κ2) is 5.52. The summed E-state index contributed by atoms with van der Waals surface area (Å²) in [5.41, 5.74) is 2.18. The Bertz CT molecular complexity index is 543. The molecular formula is C14H14Cl2OS. The van der Waals surface area contributed by atoms with Gasteiger partial charge in [-0.2, -0.15) is 0 Å². The topological polar surface area (TPSA) is 9.23 Å². The van der Waals surface area contributed by atoms with E-state index in [1.54, 1.807) is 24.5 Å². The third-order valence-corrected chi connectivity index (χ3v) is 4.95. The molecule has 0 amide bonds. The van der Waals surface area contributed by atoms with E-state index in [1.807, 2.05) is 12.1 Å². The number of ether oxygens (including phenoxy) is 1. The predicted molar refractivity (Wildman–Crippen MR) is 79.5 cm³/mol. The van der Waals surface area contributed by atoms with E-state index in [0.717, 1.165) is 16.2 Å². The van der Waals surface area contributed by atoms with Gasteiger partial charge in [0.05, 0.1) is 12.5 Å². The minimum Gasteiger partial charge on any atom is -0.496 e. The number of hydrogen-bond acceptors (Lipinski definition) is 2. The molecule has 1 atom stereocenters. The molecule has 0 aliphatic heterocycles. The van der Waals surface area contributed by atoms with E-state index in [4.69, 9.17) is 27.9 Å². The maximum absolute atomic E-state index is 6.54. The summed E-state index contributed by atoms with van der Waals surface area (Å²) < 4.78 is 5.34. The molecule has 1 heterocycles. The molecule has 1 aromatic heterocycles. The quantitative estimate of drug-likeness (QED) is 0.694. The standard InChI is InChI=1S/C14H14Cl2OS/c1-8-6-13(18-9(8)2)14(16)11-7-10(15)4-5-12(11)17-3/h4-7,14H,1-3H3. The first-order valence-corrected chi connectivity index (χ1v) is 7.20. The van der Waals surface area contributed by atoms with Gasteiger partial charge in [-0.05, 0) is 43.7 Å². The second-order valence-corrected chi connectivity index (χ2v) is 6.30. The first kappa shape index (κ1) is 13.7. The maximum Gasteiger partial charge on any atom is 0.124 e. The molecule has 18 heavy (non-hydrogen) atoms. The second-order valence-electron chi connectivity index (χ2n) is 4.14. The molecule has 0 aliphatic rings. The number of aryl methyl sites for hydroxylation is 2. The number of benzene rings is 1. The normalized spacial score (nSPS) is 12.5. The summed E-state index contributed by atoms with van der Waals surface area (Å²) in [7, 11) is 1.64. The van der Waals surface area contributed by atoms with Crippen LogP contribution in [0.25, 0.3) is 0 Å². The lowest BCUT2D eigenvalue weighted by molar-refractivity contribution is 0.410. The fourth-order valence-corrected chi connectivity index (χ4v) is 3.37. The van der Waals surface area contributed by atoms with E-state index in [0.29, 0.717) is 5.02 Å². The highest BCUT2D eigenvalue weighted by atomic mass is 35.5. The molecule has 1 nitrogen and oxygen atoms in total. The van der Waals surface area contributed by atoms with Crippen molar-refractivity contribution in [1.82, 2.24) is 0 Å². The molecule has 0 aliphatic carbocycles. The minimum atomic E-state index is -0.226. The third-order valence-electron chi connectivity index (χ3n) is 2.90. The van der Waals surface area contributed by atoms with E-state index in [2.05, 4.69) is 19.9 Å². The predicted octanol–water partition coefficient (Wildman–Crippen LogP) is 5.36. The van der Waals surface area contributed by atoms with Crippen LogP contribution in [0.15, 0.2) is 24.3 Å². The zero-order valence-corrected chi connectivity index (χ0v) is 12.8.